The van der Waals surface area contributed by atoms with E-state index in [4.69, 9.17) is 4.65 Å². The van der Waals surface area contributed by atoms with Crippen LogP contribution in [0.25, 0.3) is 10.8 Å². The van der Waals surface area contributed by atoms with Crippen LogP contribution >= 0.6 is 11.8 Å². The SMILES string of the molecule is CCSc1cc2c(cc1F)COB2N(C)c1cccc2cccc(N(C)C)c12. The van der Waals surface area contributed by atoms with Crippen molar-refractivity contribution in [2.24, 2.45) is 0 Å². The Balaban J connectivity index is 1.81. The lowest BCUT2D eigenvalue weighted by Crippen LogP contribution is -2.46. The molecule has 3 aromatic carbocycles. The standard InChI is InChI=1S/C22H24BFN2OS/c1-5-28-21-13-17-16(12-18(21)24)14-27-23(17)26(4)20-11-7-9-15-8-6-10-19(22(15)20)25(2)3/h6-13H,5,14H2,1-4H3. The number of halogens is 1. The first kappa shape index (κ1) is 19.2. The third-order valence-electron chi connectivity index (χ3n) is 5.23. The summed E-state index contributed by atoms with van der Waals surface area (Å²) in [7, 11) is 5.94. The lowest BCUT2D eigenvalue weighted by molar-refractivity contribution is 0.329. The normalized spacial score (nSPS) is 13.1. The van der Waals surface area contributed by atoms with E-state index in [-0.39, 0.29) is 12.9 Å². The highest BCUT2D eigenvalue weighted by atomic mass is 32.2. The van der Waals surface area contributed by atoms with Crippen molar-refractivity contribution in [3.63, 3.8) is 0 Å². The number of benzene rings is 3. The van der Waals surface area contributed by atoms with Gasteiger partial charge in [0.15, 0.2) is 0 Å². The molecule has 28 heavy (non-hydrogen) atoms. The van der Waals surface area contributed by atoms with Crippen LogP contribution in [-0.2, 0) is 11.3 Å². The molecule has 1 heterocycles. The summed E-state index contributed by atoms with van der Waals surface area (Å²) in [4.78, 5) is 4.99. The maximum absolute atomic E-state index is 14.3. The molecule has 0 radical (unpaired) electrons. The summed E-state index contributed by atoms with van der Waals surface area (Å²) >= 11 is 1.53. The molecule has 3 aromatic rings. The van der Waals surface area contributed by atoms with Gasteiger partial charge in [0.05, 0.1) is 6.61 Å². The van der Waals surface area contributed by atoms with Crippen molar-refractivity contribution in [3.8, 4) is 0 Å². The van der Waals surface area contributed by atoms with Gasteiger partial charge in [0.1, 0.15) is 5.82 Å². The molecule has 0 saturated carbocycles. The maximum atomic E-state index is 14.3. The van der Waals surface area contributed by atoms with Crippen LogP contribution in [0.5, 0.6) is 0 Å². The Kier molecular flexibility index (Phi) is 5.26. The fraction of sp³-hybridized carbons (Fsp3) is 0.273. The Hall–Kier alpha value is -2.18. The topological polar surface area (TPSA) is 15.7 Å². The van der Waals surface area contributed by atoms with Crippen LogP contribution in [0.4, 0.5) is 15.8 Å². The second-order valence-corrected chi connectivity index (χ2v) is 8.54. The maximum Gasteiger partial charge on any atom is 0.452 e. The molecule has 0 fully saturated rings. The molecule has 0 aromatic heterocycles. The molecule has 0 saturated heterocycles. The second-order valence-electron chi connectivity index (χ2n) is 7.24. The molecule has 4 rings (SSSR count). The van der Waals surface area contributed by atoms with Gasteiger partial charge in [-0.25, -0.2) is 4.39 Å². The fourth-order valence-electron chi connectivity index (χ4n) is 3.90. The van der Waals surface area contributed by atoms with Crippen molar-refractivity contribution in [3.05, 3.63) is 59.9 Å². The molecule has 1 aliphatic heterocycles. The number of nitrogens with zero attached hydrogens (tertiary/aromatic N) is 2. The summed E-state index contributed by atoms with van der Waals surface area (Å²) in [6.07, 6.45) is 0. The zero-order valence-electron chi connectivity index (χ0n) is 16.7. The van der Waals surface area contributed by atoms with Gasteiger partial charge in [-0.2, -0.15) is 0 Å². The van der Waals surface area contributed by atoms with E-state index in [2.05, 4.69) is 67.3 Å². The van der Waals surface area contributed by atoms with E-state index in [9.17, 15) is 4.39 Å². The molecular weight excluding hydrogens is 370 g/mol. The van der Waals surface area contributed by atoms with E-state index in [1.807, 2.05) is 13.0 Å². The van der Waals surface area contributed by atoms with E-state index >= 15 is 0 Å². The number of anilines is 2. The molecule has 0 aliphatic carbocycles. The first-order valence-corrected chi connectivity index (χ1v) is 10.5. The monoisotopic (exact) mass is 394 g/mol. The summed E-state index contributed by atoms with van der Waals surface area (Å²) < 4.78 is 20.5. The first-order valence-electron chi connectivity index (χ1n) is 9.50. The van der Waals surface area contributed by atoms with E-state index < -0.39 is 0 Å². The van der Waals surface area contributed by atoms with Gasteiger partial charge in [-0.3, -0.25) is 0 Å². The summed E-state index contributed by atoms with van der Waals surface area (Å²) in [5, 5.41) is 2.38. The number of rotatable bonds is 5. The predicted octanol–water partition coefficient (Wildman–Crippen LogP) is 4.52. The molecule has 0 unspecified atom stereocenters. The minimum Gasteiger partial charge on any atom is -0.409 e. The van der Waals surface area contributed by atoms with E-state index in [0.717, 1.165) is 22.5 Å². The van der Waals surface area contributed by atoms with Crippen molar-refractivity contribution in [1.29, 1.82) is 0 Å². The lowest BCUT2D eigenvalue weighted by Gasteiger charge is -2.27. The Morgan fingerprint density at radius 2 is 1.79 bits per heavy atom. The predicted molar refractivity (Wildman–Crippen MR) is 120 cm³/mol. The van der Waals surface area contributed by atoms with Gasteiger partial charge in [0.2, 0.25) is 0 Å². The largest absolute Gasteiger partial charge is 0.452 e. The minimum atomic E-state index is -0.229. The van der Waals surface area contributed by atoms with Gasteiger partial charge in [0.25, 0.3) is 0 Å². The van der Waals surface area contributed by atoms with Crippen LogP contribution in [0.1, 0.15) is 12.5 Å². The summed E-state index contributed by atoms with van der Waals surface area (Å²) in [5.41, 5.74) is 4.26. The molecule has 0 spiro atoms. The van der Waals surface area contributed by atoms with Crippen LogP contribution in [0.3, 0.4) is 0 Å². The molecule has 3 nitrogen and oxygen atoms in total. The van der Waals surface area contributed by atoms with Crippen LogP contribution in [0.15, 0.2) is 53.4 Å². The molecule has 0 amide bonds. The number of hydrogen-bond acceptors (Lipinski definition) is 4. The molecule has 0 bridgehead atoms. The first-order chi connectivity index (χ1) is 13.5. The van der Waals surface area contributed by atoms with E-state index in [1.165, 1.54) is 28.2 Å². The van der Waals surface area contributed by atoms with Gasteiger partial charge in [-0.15, -0.1) is 11.8 Å². The smallest absolute Gasteiger partial charge is 0.409 e. The van der Waals surface area contributed by atoms with E-state index in [1.54, 1.807) is 6.07 Å². The molecule has 1 aliphatic rings. The second kappa shape index (κ2) is 7.68. The van der Waals surface area contributed by atoms with Crippen molar-refractivity contribution in [2.45, 2.75) is 18.4 Å². The highest BCUT2D eigenvalue weighted by Gasteiger charge is 2.35. The zero-order chi connectivity index (χ0) is 19.8. The van der Waals surface area contributed by atoms with E-state index in [0.29, 0.717) is 11.5 Å². The zero-order valence-corrected chi connectivity index (χ0v) is 17.5. The Morgan fingerprint density at radius 3 is 2.46 bits per heavy atom. The van der Waals surface area contributed by atoms with Crippen LogP contribution in [-0.4, -0.2) is 33.9 Å². The quantitative estimate of drug-likeness (QED) is 0.467. The van der Waals surface area contributed by atoms with Crippen LogP contribution in [0, 0.1) is 5.82 Å². The molecule has 0 atom stereocenters. The Morgan fingerprint density at radius 1 is 1.07 bits per heavy atom. The lowest BCUT2D eigenvalue weighted by atomic mass is 9.71. The number of thioether (sulfide) groups is 1. The molecule has 0 N–H and O–H groups in total. The van der Waals surface area contributed by atoms with Crippen molar-refractivity contribution in [1.82, 2.24) is 0 Å². The average molecular weight is 394 g/mol. The summed E-state index contributed by atoms with van der Waals surface area (Å²) in [5.74, 6) is 0.685. The summed E-state index contributed by atoms with van der Waals surface area (Å²) in [6, 6.07) is 16.3. The highest BCUT2D eigenvalue weighted by molar-refractivity contribution is 7.99. The van der Waals surface area contributed by atoms with Crippen molar-refractivity contribution in [2.75, 3.05) is 36.6 Å². The van der Waals surface area contributed by atoms with Gasteiger partial charge in [-0.1, -0.05) is 31.2 Å². The van der Waals surface area contributed by atoms with Crippen LogP contribution in [0.2, 0.25) is 0 Å². The molecule has 144 valence electrons. The van der Waals surface area contributed by atoms with Gasteiger partial charge in [-0.05, 0) is 53.5 Å². The highest BCUT2D eigenvalue weighted by Crippen LogP contribution is 2.35. The van der Waals surface area contributed by atoms with Gasteiger partial charge >= 0.3 is 7.05 Å². The summed E-state index contributed by atoms with van der Waals surface area (Å²) in [6.45, 7) is 2.47. The van der Waals surface area contributed by atoms with Crippen molar-refractivity contribution >= 4 is 46.4 Å². The average Bonchev–Trinajstić information content (AvgIpc) is 3.09. The molecular formula is C22H24BFN2OS. The Labute approximate surface area is 170 Å². The minimum absolute atomic E-state index is 0.155. The number of hydrogen-bond donors (Lipinski definition) is 0. The molecule has 6 heteroatoms. The third kappa shape index (κ3) is 3.25. The Bertz CT molecular complexity index is 1020. The van der Waals surface area contributed by atoms with Gasteiger partial charge in [0, 0.05) is 35.8 Å². The third-order valence-corrected chi connectivity index (χ3v) is 6.14. The van der Waals surface area contributed by atoms with Crippen molar-refractivity contribution < 1.29 is 9.04 Å². The van der Waals surface area contributed by atoms with Gasteiger partial charge < -0.3 is 14.4 Å². The van der Waals surface area contributed by atoms with Crippen LogP contribution < -0.4 is 15.2 Å². The number of fused-ring (bicyclic) bond motifs is 2. The fourth-order valence-corrected chi connectivity index (χ4v) is 4.62.